The van der Waals surface area contributed by atoms with Gasteiger partial charge >= 0.3 is 0 Å². The van der Waals surface area contributed by atoms with Gasteiger partial charge in [-0.15, -0.1) is 0 Å². The summed E-state index contributed by atoms with van der Waals surface area (Å²) in [7, 11) is 0. The Bertz CT molecular complexity index is 627. The third kappa shape index (κ3) is 3.61. The molecule has 1 amide bonds. The highest BCUT2D eigenvalue weighted by atomic mass is 16.2. The lowest BCUT2D eigenvalue weighted by molar-refractivity contribution is -0.133. The average molecular weight is 308 g/mol. The predicted molar refractivity (Wildman–Crippen MR) is 92.2 cm³/mol. The van der Waals surface area contributed by atoms with E-state index in [9.17, 15) is 4.79 Å². The van der Waals surface area contributed by atoms with E-state index in [1.54, 1.807) is 12.4 Å². The zero-order chi connectivity index (χ0) is 16.1. The molecular formula is C20H24N2O. The van der Waals surface area contributed by atoms with Crippen LogP contribution in [0.4, 0.5) is 0 Å². The minimum absolute atomic E-state index is 0.106. The molecule has 0 radical (unpaired) electrons. The smallest absolute Gasteiger partial charge is 0.230 e. The van der Waals surface area contributed by atoms with Crippen LogP contribution >= 0.6 is 0 Å². The third-order valence-corrected chi connectivity index (χ3v) is 4.82. The molecule has 0 aliphatic carbocycles. The van der Waals surface area contributed by atoms with Crippen molar-refractivity contribution < 1.29 is 4.79 Å². The first-order valence-electron chi connectivity index (χ1n) is 8.54. The molecule has 3 rings (SSSR count). The van der Waals surface area contributed by atoms with Gasteiger partial charge in [0.05, 0.1) is 5.92 Å². The molecule has 0 saturated carbocycles. The number of pyridine rings is 1. The lowest BCUT2D eigenvalue weighted by atomic mass is 9.90. The topological polar surface area (TPSA) is 33.2 Å². The molecule has 2 atom stereocenters. The van der Waals surface area contributed by atoms with Crippen molar-refractivity contribution >= 4 is 5.91 Å². The fourth-order valence-electron chi connectivity index (χ4n) is 3.54. The Hall–Kier alpha value is -2.16. The Morgan fingerprint density at radius 3 is 2.65 bits per heavy atom. The number of nitrogens with zero attached hydrogens (tertiary/aromatic N) is 2. The number of hydrogen-bond donors (Lipinski definition) is 0. The maximum atomic E-state index is 13.2. The van der Waals surface area contributed by atoms with E-state index in [0.29, 0.717) is 6.04 Å². The van der Waals surface area contributed by atoms with Gasteiger partial charge in [0.15, 0.2) is 0 Å². The largest absolute Gasteiger partial charge is 0.339 e. The number of amides is 1. The molecule has 1 aliphatic rings. The molecule has 1 fully saturated rings. The molecule has 3 nitrogen and oxygen atoms in total. The molecule has 2 aromatic rings. The summed E-state index contributed by atoms with van der Waals surface area (Å²) in [5.74, 6) is 0.170. The first kappa shape index (κ1) is 15.7. The van der Waals surface area contributed by atoms with Crippen LogP contribution in [-0.4, -0.2) is 28.4 Å². The van der Waals surface area contributed by atoms with Crippen LogP contribution in [0.2, 0.25) is 0 Å². The lowest BCUT2D eigenvalue weighted by Crippen LogP contribution is -2.39. The summed E-state index contributed by atoms with van der Waals surface area (Å²) in [4.78, 5) is 19.4. The van der Waals surface area contributed by atoms with Gasteiger partial charge < -0.3 is 4.90 Å². The summed E-state index contributed by atoms with van der Waals surface area (Å²) in [5.41, 5.74) is 2.27. The maximum Gasteiger partial charge on any atom is 0.230 e. The molecule has 1 aromatic heterocycles. The Labute approximate surface area is 138 Å². The Morgan fingerprint density at radius 1 is 1.22 bits per heavy atom. The number of carbonyl (C=O) groups excluding carboxylic acids is 1. The highest BCUT2D eigenvalue weighted by molar-refractivity contribution is 5.84. The Kier molecular flexibility index (Phi) is 5.06. The van der Waals surface area contributed by atoms with Gasteiger partial charge in [0.2, 0.25) is 5.91 Å². The summed E-state index contributed by atoms with van der Waals surface area (Å²) in [5, 5.41) is 0. The van der Waals surface area contributed by atoms with Crippen LogP contribution in [0.3, 0.4) is 0 Å². The average Bonchev–Trinajstić information content (AvgIpc) is 3.09. The van der Waals surface area contributed by atoms with Gasteiger partial charge in [0.1, 0.15) is 0 Å². The number of likely N-dealkylation sites (tertiary alicyclic amines) is 1. The van der Waals surface area contributed by atoms with Crippen molar-refractivity contribution in [2.24, 2.45) is 0 Å². The Balaban J connectivity index is 1.87. The van der Waals surface area contributed by atoms with E-state index in [1.807, 2.05) is 30.3 Å². The number of hydrogen-bond acceptors (Lipinski definition) is 2. The molecule has 23 heavy (non-hydrogen) atoms. The van der Waals surface area contributed by atoms with Gasteiger partial charge in [-0.2, -0.15) is 0 Å². The second-order valence-electron chi connectivity index (χ2n) is 6.26. The fourth-order valence-corrected chi connectivity index (χ4v) is 3.54. The van der Waals surface area contributed by atoms with Crippen molar-refractivity contribution in [3.63, 3.8) is 0 Å². The van der Waals surface area contributed by atoms with E-state index in [2.05, 4.69) is 28.9 Å². The molecule has 3 heteroatoms. The minimum Gasteiger partial charge on any atom is -0.339 e. The van der Waals surface area contributed by atoms with Crippen molar-refractivity contribution in [3.05, 3.63) is 66.0 Å². The van der Waals surface area contributed by atoms with E-state index in [4.69, 9.17) is 0 Å². The monoisotopic (exact) mass is 308 g/mol. The number of benzene rings is 1. The first-order valence-corrected chi connectivity index (χ1v) is 8.54. The normalized spacial score (nSPS) is 18.8. The highest BCUT2D eigenvalue weighted by Crippen LogP contribution is 2.28. The van der Waals surface area contributed by atoms with Crippen LogP contribution in [0.1, 0.15) is 43.2 Å². The minimum atomic E-state index is -0.106. The zero-order valence-corrected chi connectivity index (χ0v) is 13.7. The summed E-state index contributed by atoms with van der Waals surface area (Å²) in [6.07, 6.45) is 7.64. The molecule has 1 saturated heterocycles. The van der Waals surface area contributed by atoms with E-state index >= 15 is 0 Å². The molecule has 0 N–H and O–H groups in total. The highest BCUT2D eigenvalue weighted by Gasteiger charge is 2.32. The van der Waals surface area contributed by atoms with E-state index in [-0.39, 0.29) is 11.8 Å². The van der Waals surface area contributed by atoms with Crippen LogP contribution in [0.5, 0.6) is 0 Å². The lowest BCUT2D eigenvalue weighted by Gasteiger charge is -2.28. The van der Waals surface area contributed by atoms with Gasteiger partial charge in [-0.05, 0) is 48.9 Å². The molecular weight excluding hydrogens is 284 g/mol. The molecule has 2 heterocycles. The zero-order valence-electron chi connectivity index (χ0n) is 13.7. The number of rotatable bonds is 5. The number of carbonyl (C=O) groups is 1. The molecule has 1 aliphatic heterocycles. The van der Waals surface area contributed by atoms with Crippen molar-refractivity contribution in [2.45, 2.75) is 44.6 Å². The van der Waals surface area contributed by atoms with Gasteiger partial charge in [0, 0.05) is 25.0 Å². The second-order valence-corrected chi connectivity index (χ2v) is 6.26. The molecule has 0 bridgehead atoms. The standard InChI is InChI=1S/C20H24N2O/c1-2-18-9-6-14-22(18)20(23)19(17-7-4-3-5-8-17)15-16-10-12-21-13-11-16/h3-5,7-8,10-13,18-19H,2,6,9,14-15H2,1H3. The van der Waals surface area contributed by atoms with E-state index in [1.165, 1.54) is 0 Å². The van der Waals surface area contributed by atoms with Crippen molar-refractivity contribution in [1.82, 2.24) is 9.88 Å². The van der Waals surface area contributed by atoms with Gasteiger partial charge in [-0.1, -0.05) is 37.3 Å². The SMILES string of the molecule is CCC1CCCN1C(=O)C(Cc1ccncc1)c1ccccc1. The first-order chi connectivity index (χ1) is 11.3. The van der Waals surface area contributed by atoms with Crippen molar-refractivity contribution in [3.8, 4) is 0 Å². The summed E-state index contributed by atoms with van der Waals surface area (Å²) < 4.78 is 0. The molecule has 120 valence electrons. The van der Waals surface area contributed by atoms with Gasteiger partial charge in [0.25, 0.3) is 0 Å². The van der Waals surface area contributed by atoms with Crippen LogP contribution in [0.15, 0.2) is 54.9 Å². The Morgan fingerprint density at radius 2 is 1.96 bits per heavy atom. The summed E-state index contributed by atoms with van der Waals surface area (Å²) in [6.45, 7) is 3.08. The molecule has 1 aromatic carbocycles. The second kappa shape index (κ2) is 7.40. The van der Waals surface area contributed by atoms with Gasteiger partial charge in [-0.3, -0.25) is 9.78 Å². The van der Waals surface area contributed by atoms with Crippen LogP contribution < -0.4 is 0 Å². The maximum absolute atomic E-state index is 13.2. The summed E-state index contributed by atoms with van der Waals surface area (Å²) >= 11 is 0. The van der Waals surface area contributed by atoms with Gasteiger partial charge in [-0.25, -0.2) is 0 Å². The van der Waals surface area contributed by atoms with Crippen LogP contribution in [0.25, 0.3) is 0 Å². The van der Waals surface area contributed by atoms with E-state index < -0.39 is 0 Å². The molecule has 0 spiro atoms. The molecule has 2 unspecified atom stereocenters. The predicted octanol–water partition coefficient (Wildman–Crippen LogP) is 3.81. The third-order valence-electron chi connectivity index (χ3n) is 4.82. The van der Waals surface area contributed by atoms with E-state index in [0.717, 1.165) is 43.4 Å². The van der Waals surface area contributed by atoms with Crippen molar-refractivity contribution in [1.29, 1.82) is 0 Å². The number of aromatic nitrogens is 1. The quantitative estimate of drug-likeness (QED) is 0.841. The van der Waals surface area contributed by atoms with Crippen LogP contribution in [-0.2, 0) is 11.2 Å². The fraction of sp³-hybridized carbons (Fsp3) is 0.400. The van der Waals surface area contributed by atoms with Crippen LogP contribution in [0, 0.1) is 0 Å². The van der Waals surface area contributed by atoms with Crippen molar-refractivity contribution in [2.75, 3.05) is 6.54 Å². The summed E-state index contributed by atoms with van der Waals surface area (Å²) in [6, 6.07) is 14.6.